The Bertz CT molecular complexity index is 1220. The SMILES string of the molecule is CN(C(=O)c1ccc(N)cc1)c1ccc(N)cc1.CN(CN(C)c1ccc(N)cc1)c1ccc(N)cc1. The van der Waals surface area contributed by atoms with E-state index in [0.717, 1.165) is 35.1 Å². The fourth-order valence-electron chi connectivity index (χ4n) is 3.57. The van der Waals surface area contributed by atoms with Gasteiger partial charge < -0.3 is 37.6 Å². The Morgan fingerprint density at radius 1 is 0.514 bits per heavy atom. The highest BCUT2D eigenvalue weighted by Gasteiger charge is 2.13. The van der Waals surface area contributed by atoms with E-state index >= 15 is 0 Å². The topological polar surface area (TPSA) is 131 Å². The van der Waals surface area contributed by atoms with Crippen molar-refractivity contribution in [2.45, 2.75) is 0 Å². The van der Waals surface area contributed by atoms with Crippen molar-refractivity contribution in [3.05, 3.63) is 103 Å². The van der Waals surface area contributed by atoms with E-state index in [1.54, 1.807) is 48.3 Å². The van der Waals surface area contributed by atoms with Gasteiger partial charge in [0, 0.05) is 66.5 Å². The summed E-state index contributed by atoms with van der Waals surface area (Å²) in [6.07, 6.45) is 0. The average molecular weight is 498 g/mol. The summed E-state index contributed by atoms with van der Waals surface area (Å²) in [6.45, 7) is 0.786. The Morgan fingerprint density at radius 2 is 0.811 bits per heavy atom. The second-order valence-electron chi connectivity index (χ2n) is 8.80. The fourth-order valence-corrected chi connectivity index (χ4v) is 3.57. The quantitative estimate of drug-likeness (QED) is 0.228. The van der Waals surface area contributed by atoms with Crippen LogP contribution in [0.25, 0.3) is 0 Å². The third kappa shape index (κ3) is 7.57. The lowest BCUT2D eigenvalue weighted by atomic mass is 10.1. The van der Waals surface area contributed by atoms with Crippen LogP contribution < -0.4 is 37.6 Å². The van der Waals surface area contributed by atoms with Gasteiger partial charge in [-0.25, -0.2) is 0 Å². The molecule has 4 aromatic rings. The Kier molecular flexibility index (Phi) is 8.83. The van der Waals surface area contributed by atoms with Crippen LogP contribution in [0.1, 0.15) is 10.4 Å². The summed E-state index contributed by atoms with van der Waals surface area (Å²) in [7, 11) is 5.84. The summed E-state index contributed by atoms with van der Waals surface area (Å²) >= 11 is 0. The van der Waals surface area contributed by atoms with Crippen LogP contribution in [0.3, 0.4) is 0 Å². The Hall–Kier alpha value is -4.85. The van der Waals surface area contributed by atoms with Crippen LogP contribution in [0.5, 0.6) is 0 Å². The lowest BCUT2D eigenvalue weighted by Gasteiger charge is -2.28. The number of nitrogens with zero attached hydrogens (tertiary/aromatic N) is 3. The highest BCUT2D eigenvalue weighted by Crippen LogP contribution is 2.19. The molecule has 192 valence electrons. The van der Waals surface area contributed by atoms with Crippen molar-refractivity contribution in [2.24, 2.45) is 0 Å². The third-order valence-corrected chi connectivity index (χ3v) is 5.83. The molecule has 0 aliphatic heterocycles. The lowest BCUT2D eigenvalue weighted by molar-refractivity contribution is 0.0993. The maximum atomic E-state index is 12.2. The summed E-state index contributed by atoms with van der Waals surface area (Å²) in [5.41, 5.74) is 29.1. The molecule has 0 saturated heterocycles. The maximum Gasteiger partial charge on any atom is 0.258 e. The minimum Gasteiger partial charge on any atom is -0.399 e. The highest BCUT2D eigenvalue weighted by molar-refractivity contribution is 6.05. The van der Waals surface area contributed by atoms with E-state index in [2.05, 4.69) is 23.9 Å². The van der Waals surface area contributed by atoms with Gasteiger partial charge >= 0.3 is 0 Å². The van der Waals surface area contributed by atoms with Crippen LogP contribution in [0.2, 0.25) is 0 Å². The molecule has 0 aliphatic carbocycles. The van der Waals surface area contributed by atoms with Gasteiger partial charge in [0.1, 0.15) is 0 Å². The first-order valence-corrected chi connectivity index (χ1v) is 11.8. The molecule has 1 amide bonds. The van der Waals surface area contributed by atoms with Gasteiger partial charge in [-0.1, -0.05) is 0 Å². The van der Waals surface area contributed by atoms with Crippen molar-refractivity contribution < 1.29 is 4.79 Å². The largest absolute Gasteiger partial charge is 0.399 e. The van der Waals surface area contributed by atoms with Crippen LogP contribution in [0.4, 0.5) is 39.8 Å². The minimum absolute atomic E-state index is 0.0835. The standard InChI is InChI=1S/C15H20N4.C14H15N3O/c1-18(14-7-3-12(16)4-8-14)11-19(2)15-9-5-13(17)6-10-15;1-17(13-8-6-12(16)7-9-13)14(18)10-2-4-11(15)5-3-10/h3-10H,11,16-17H2,1-2H3;2-9H,15-16H2,1H3. The molecule has 0 atom stereocenters. The van der Waals surface area contributed by atoms with E-state index in [1.165, 1.54) is 0 Å². The molecule has 4 aromatic carbocycles. The van der Waals surface area contributed by atoms with E-state index in [1.807, 2.05) is 60.7 Å². The van der Waals surface area contributed by atoms with Crippen molar-refractivity contribution in [1.82, 2.24) is 0 Å². The molecule has 8 nitrogen and oxygen atoms in total. The minimum atomic E-state index is -0.0835. The molecule has 0 aliphatic rings. The van der Waals surface area contributed by atoms with Gasteiger partial charge in [0.25, 0.3) is 5.91 Å². The smallest absolute Gasteiger partial charge is 0.258 e. The molecule has 0 fully saturated rings. The van der Waals surface area contributed by atoms with Gasteiger partial charge in [-0.15, -0.1) is 0 Å². The molecular formula is C29H35N7O. The number of hydrogen-bond donors (Lipinski definition) is 4. The van der Waals surface area contributed by atoms with Crippen molar-refractivity contribution >= 4 is 45.7 Å². The van der Waals surface area contributed by atoms with Crippen LogP contribution in [-0.2, 0) is 0 Å². The third-order valence-electron chi connectivity index (χ3n) is 5.83. The zero-order chi connectivity index (χ0) is 26.9. The molecule has 0 heterocycles. The second-order valence-corrected chi connectivity index (χ2v) is 8.80. The number of carbonyl (C=O) groups excluding carboxylic acids is 1. The molecule has 0 radical (unpaired) electrons. The lowest BCUT2D eigenvalue weighted by Crippen LogP contribution is -2.32. The zero-order valence-corrected chi connectivity index (χ0v) is 21.5. The van der Waals surface area contributed by atoms with Crippen LogP contribution in [-0.4, -0.2) is 33.7 Å². The number of amides is 1. The van der Waals surface area contributed by atoms with Gasteiger partial charge in [0.15, 0.2) is 0 Å². The van der Waals surface area contributed by atoms with Crippen molar-refractivity contribution in [1.29, 1.82) is 0 Å². The van der Waals surface area contributed by atoms with E-state index in [0.29, 0.717) is 16.9 Å². The summed E-state index contributed by atoms with van der Waals surface area (Å²) in [4.78, 5) is 18.1. The zero-order valence-electron chi connectivity index (χ0n) is 21.5. The number of anilines is 7. The Morgan fingerprint density at radius 3 is 1.16 bits per heavy atom. The van der Waals surface area contributed by atoms with E-state index in [9.17, 15) is 4.79 Å². The van der Waals surface area contributed by atoms with Gasteiger partial charge in [-0.05, 0) is 97.1 Å². The molecule has 4 rings (SSSR count). The van der Waals surface area contributed by atoms with Crippen molar-refractivity contribution in [3.63, 3.8) is 0 Å². The van der Waals surface area contributed by atoms with Crippen molar-refractivity contribution in [3.8, 4) is 0 Å². The Labute approximate surface area is 218 Å². The van der Waals surface area contributed by atoms with E-state index < -0.39 is 0 Å². The summed E-state index contributed by atoms with van der Waals surface area (Å²) in [5, 5.41) is 0. The van der Waals surface area contributed by atoms with Crippen LogP contribution in [0, 0.1) is 0 Å². The Balaban J connectivity index is 0.000000206. The van der Waals surface area contributed by atoms with Crippen LogP contribution >= 0.6 is 0 Å². The molecule has 37 heavy (non-hydrogen) atoms. The average Bonchev–Trinajstić information content (AvgIpc) is 2.90. The summed E-state index contributed by atoms with van der Waals surface area (Å²) in [6, 6.07) is 29.7. The van der Waals surface area contributed by atoms with Crippen molar-refractivity contribution in [2.75, 3.05) is 65.4 Å². The monoisotopic (exact) mass is 497 g/mol. The van der Waals surface area contributed by atoms with Gasteiger partial charge in [-0.2, -0.15) is 0 Å². The number of nitrogen functional groups attached to an aromatic ring is 4. The predicted octanol–water partition coefficient (Wildman–Crippen LogP) is 4.51. The maximum absolute atomic E-state index is 12.2. The van der Waals surface area contributed by atoms with Gasteiger partial charge in [-0.3, -0.25) is 4.79 Å². The first kappa shape index (κ1) is 26.7. The normalized spacial score (nSPS) is 10.1. The second kappa shape index (κ2) is 12.2. The molecule has 8 N–H and O–H groups in total. The molecule has 8 heteroatoms. The number of carbonyl (C=O) groups is 1. The number of hydrogen-bond acceptors (Lipinski definition) is 7. The first-order valence-electron chi connectivity index (χ1n) is 11.8. The van der Waals surface area contributed by atoms with E-state index in [4.69, 9.17) is 22.9 Å². The fraction of sp³-hybridized carbons (Fsp3) is 0.138. The molecule has 0 saturated carbocycles. The highest BCUT2D eigenvalue weighted by atomic mass is 16.2. The number of nitrogens with two attached hydrogens (primary N) is 4. The first-order chi connectivity index (χ1) is 17.6. The molecule has 0 spiro atoms. The molecule has 0 bridgehead atoms. The molecule has 0 unspecified atom stereocenters. The summed E-state index contributed by atoms with van der Waals surface area (Å²) in [5.74, 6) is -0.0835. The van der Waals surface area contributed by atoms with Gasteiger partial charge in [0.05, 0.1) is 6.67 Å². The molecule has 0 aromatic heterocycles. The number of rotatable bonds is 6. The predicted molar refractivity (Wildman–Crippen MR) is 158 cm³/mol. The van der Waals surface area contributed by atoms with Gasteiger partial charge in [0.2, 0.25) is 0 Å². The number of benzene rings is 4. The van der Waals surface area contributed by atoms with Crippen LogP contribution in [0.15, 0.2) is 97.1 Å². The van der Waals surface area contributed by atoms with E-state index in [-0.39, 0.29) is 5.91 Å². The summed E-state index contributed by atoms with van der Waals surface area (Å²) < 4.78 is 0. The molecular weight excluding hydrogens is 462 g/mol.